The van der Waals surface area contributed by atoms with Gasteiger partial charge in [0.25, 0.3) is 5.56 Å². The number of carboxylic acid groups (broad SMARTS) is 1. The summed E-state index contributed by atoms with van der Waals surface area (Å²) in [4.78, 5) is 25.4. The predicted octanol–water partition coefficient (Wildman–Crippen LogP) is 1.75. The molecule has 0 saturated heterocycles. The average molecular weight is 290 g/mol. The molecule has 0 amide bonds. The van der Waals surface area contributed by atoms with Gasteiger partial charge in [-0.2, -0.15) is 0 Å². The number of aryl methyl sites for hydroxylation is 1. The van der Waals surface area contributed by atoms with Gasteiger partial charge in [-0.05, 0) is 44.8 Å². The largest absolute Gasteiger partial charge is 0.477 e. The van der Waals surface area contributed by atoms with Crippen molar-refractivity contribution in [2.75, 3.05) is 14.1 Å². The van der Waals surface area contributed by atoms with Gasteiger partial charge in [-0.1, -0.05) is 0 Å². The molecule has 0 spiro atoms. The maximum Gasteiger partial charge on any atom is 0.341 e. The van der Waals surface area contributed by atoms with Gasteiger partial charge < -0.3 is 14.1 Å². The monoisotopic (exact) mass is 290 g/mol. The van der Waals surface area contributed by atoms with Crippen molar-refractivity contribution in [3.8, 4) is 0 Å². The van der Waals surface area contributed by atoms with E-state index in [1.54, 1.807) is 31.5 Å². The molecule has 6 nitrogen and oxygen atoms in total. The van der Waals surface area contributed by atoms with Gasteiger partial charge in [0.2, 0.25) is 0 Å². The number of carbonyl (C=O) groups is 1. The molecule has 2 aromatic rings. The van der Waals surface area contributed by atoms with Crippen molar-refractivity contribution >= 4 is 5.97 Å². The van der Waals surface area contributed by atoms with Gasteiger partial charge in [0.15, 0.2) is 0 Å². The lowest BCUT2D eigenvalue weighted by Gasteiger charge is -2.23. The molecule has 1 atom stereocenters. The fourth-order valence-corrected chi connectivity index (χ4v) is 2.24. The molecule has 0 fully saturated rings. The average Bonchev–Trinajstić information content (AvgIpc) is 2.90. The minimum Gasteiger partial charge on any atom is -0.477 e. The van der Waals surface area contributed by atoms with Crippen LogP contribution in [0.4, 0.5) is 0 Å². The summed E-state index contributed by atoms with van der Waals surface area (Å²) < 4.78 is 6.80. The molecule has 2 aromatic heterocycles. The number of hydrogen-bond donors (Lipinski definition) is 1. The van der Waals surface area contributed by atoms with E-state index in [1.165, 1.54) is 4.57 Å². The van der Waals surface area contributed by atoms with Gasteiger partial charge in [-0.25, -0.2) is 4.79 Å². The zero-order valence-electron chi connectivity index (χ0n) is 12.2. The van der Waals surface area contributed by atoms with Crippen molar-refractivity contribution in [2.45, 2.75) is 19.5 Å². The summed E-state index contributed by atoms with van der Waals surface area (Å²) >= 11 is 0. The lowest BCUT2D eigenvalue weighted by atomic mass is 10.1. The van der Waals surface area contributed by atoms with Crippen LogP contribution in [0.1, 0.15) is 27.7 Å². The molecule has 1 N–H and O–H groups in total. The topological polar surface area (TPSA) is 75.7 Å². The van der Waals surface area contributed by atoms with Crippen LogP contribution in [-0.2, 0) is 6.54 Å². The number of aromatic carboxylic acids is 1. The summed E-state index contributed by atoms with van der Waals surface area (Å²) in [6.07, 6.45) is 3.19. The fourth-order valence-electron chi connectivity index (χ4n) is 2.24. The van der Waals surface area contributed by atoms with Crippen molar-refractivity contribution in [3.05, 3.63) is 57.9 Å². The zero-order chi connectivity index (χ0) is 15.6. The molecule has 0 aliphatic heterocycles. The Balaban J connectivity index is 2.41. The molecule has 0 aliphatic carbocycles. The maximum absolute atomic E-state index is 12.3. The van der Waals surface area contributed by atoms with Crippen LogP contribution in [0, 0.1) is 6.92 Å². The molecule has 2 rings (SSSR count). The summed E-state index contributed by atoms with van der Waals surface area (Å²) in [5.41, 5.74) is -0.224. The Labute approximate surface area is 122 Å². The van der Waals surface area contributed by atoms with E-state index in [-0.39, 0.29) is 11.6 Å². The van der Waals surface area contributed by atoms with E-state index in [2.05, 4.69) is 0 Å². The van der Waals surface area contributed by atoms with Crippen LogP contribution >= 0.6 is 0 Å². The fraction of sp³-hybridized carbons (Fsp3) is 0.333. The lowest BCUT2D eigenvalue weighted by Crippen LogP contribution is -2.32. The molecule has 0 radical (unpaired) electrons. The number of likely N-dealkylation sites (N-methyl/N-ethyl adjacent to an activating group) is 1. The second-order valence-corrected chi connectivity index (χ2v) is 5.13. The van der Waals surface area contributed by atoms with Gasteiger partial charge >= 0.3 is 5.97 Å². The van der Waals surface area contributed by atoms with Gasteiger partial charge in [0.05, 0.1) is 12.3 Å². The number of nitrogens with zero attached hydrogens (tertiary/aromatic N) is 2. The number of rotatable bonds is 5. The van der Waals surface area contributed by atoms with E-state index in [9.17, 15) is 9.59 Å². The first-order chi connectivity index (χ1) is 9.91. The van der Waals surface area contributed by atoms with E-state index < -0.39 is 11.5 Å². The molecule has 0 aliphatic rings. The third kappa shape index (κ3) is 3.05. The number of furan rings is 1. The molecular formula is C15H18N2O4. The highest BCUT2D eigenvalue weighted by atomic mass is 16.4. The van der Waals surface area contributed by atoms with Gasteiger partial charge in [-0.15, -0.1) is 0 Å². The Morgan fingerprint density at radius 2 is 2.14 bits per heavy atom. The van der Waals surface area contributed by atoms with Gasteiger partial charge in [0.1, 0.15) is 11.3 Å². The van der Waals surface area contributed by atoms with Crippen LogP contribution in [0.3, 0.4) is 0 Å². The zero-order valence-corrected chi connectivity index (χ0v) is 12.2. The first-order valence-electron chi connectivity index (χ1n) is 6.55. The molecule has 21 heavy (non-hydrogen) atoms. The van der Waals surface area contributed by atoms with Gasteiger partial charge in [0, 0.05) is 12.7 Å². The molecule has 0 saturated carbocycles. The molecular weight excluding hydrogens is 272 g/mol. The number of aromatic nitrogens is 1. The maximum atomic E-state index is 12.3. The number of pyridine rings is 1. The Morgan fingerprint density at radius 1 is 1.43 bits per heavy atom. The Bertz CT molecular complexity index is 686. The quantitative estimate of drug-likeness (QED) is 0.908. The second-order valence-electron chi connectivity index (χ2n) is 5.13. The van der Waals surface area contributed by atoms with E-state index in [0.717, 1.165) is 5.76 Å². The molecule has 1 unspecified atom stereocenters. The van der Waals surface area contributed by atoms with Crippen LogP contribution in [0.2, 0.25) is 0 Å². The Morgan fingerprint density at radius 3 is 2.67 bits per heavy atom. The third-order valence-corrected chi connectivity index (χ3v) is 3.45. The lowest BCUT2D eigenvalue weighted by molar-refractivity contribution is 0.0693. The van der Waals surface area contributed by atoms with Crippen molar-refractivity contribution in [1.82, 2.24) is 9.47 Å². The minimum absolute atomic E-state index is 0.151. The van der Waals surface area contributed by atoms with Crippen LogP contribution in [0.5, 0.6) is 0 Å². The first kappa shape index (κ1) is 15.1. The van der Waals surface area contributed by atoms with Gasteiger partial charge in [-0.3, -0.25) is 9.69 Å². The van der Waals surface area contributed by atoms with Crippen molar-refractivity contribution in [1.29, 1.82) is 0 Å². The van der Waals surface area contributed by atoms with Crippen LogP contribution in [0.25, 0.3) is 0 Å². The molecule has 0 aromatic carbocycles. The highest BCUT2D eigenvalue weighted by Gasteiger charge is 2.20. The molecule has 2 heterocycles. The molecule has 0 bridgehead atoms. The predicted molar refractivity (Wildman–Crippen MR) is 77.5 cm³/mol. The third-order valence-electron chi connectivity index (χ3n) is 3.45. The smallest absolute Gasteiger partial charge is 0.341 e. The van der Waals surface area contributed by atoms with E-state index >= 15 is 0 Å². The summed E-state index contributed by atoms with van der Waals surface area (Å²) in [6.45, 7) is 1.94. The summed E-state index contributed by atoms with van der Waals surface area (Å²) in [7, 11) is 3.76. The Hall–Kier alpha value is -2.34. The Kier molecular flexibility index (Phi) is 4.28. The standard InChI is InChI=1S/C15H18N2O4/c1-10-6-7-17(14(18)13(10)15(19)20)9-11(16(2)3)12-5-4-8-21-12/h4-8,11H,9H2,1-3H3,(H,19,20). The van der Waals surface area contributed by atoms with Crippen molar-refractivity contribution in [3.63, 3.8) is 0 Å². The van der Waals surface area contributed by atoms with E-state index in [1.807, 2.05) is 25.1 Å². The van der Waals surface area contributed by atoms with Crippen LogP contribution < -0.4 is 5.56 Å². The summed E-state index contributed by atoms with van der Waals surface area (Å²) in [5.74, 6) is -0.476. The molecule has 6 heteroatoms. The van der Waals surface area contributed by atoms with Crippen molar-refractivity contribution < 1.29 is 14.3 Å². The van der Waals surface area contributed by atoms with Crippen molar-refractivity contribution in [2.24, 2.45) is 0 Å². The summed E-state index contributed by atoms with van der Waals surface area (Å²) in [5, 5.41) is 9.16. The minimum atomic E-state index is -1.20. The SMILES string of the molecule is Cc1ccn(CC(c2ccco2)N(C)C)c(=O)c1C(=O)O. The first-order valence-corrected chi connectivity index (χ1v) is 6.55. The van der Waals surface area contributed by atoms with E-state index in [4.69, 9.17) is 9.52 Å². The number of hydrogen-bond acceptors (Lipinski definition) is 4. The van der Waals surface area contributed by atoms with Crippen LogP contribution in [-0.4, -0.2) is 34.6 Å². The second kappa shape index (κ2) is 5.97. The number of carboxylic acids is 1. The highest BCUT2D eigenvalue weighted by Crippen LogP contribution is 2.20. The highest BCUT2D eigenvalue weighted by molar-refractivity contribution is 5.88. The van der Waals surface area contributed by atoms with Crippen LogP contribution in [0.15, 0.2) is 39.9 Å². The summed E-state index contributed by atoms with van der Waals surface area (Å²) in [6, 6.07) is 5.11. The van der Waals surface area contributed by atoms with E-state index in [0.29, 0.717) is 12.1 Å². The normalized spacial score (nSPS) is 12.6. The molecule has 112 valence electrons.